The maximum atomic E-state index is 14.4. The van der Waals surface area contributed by atoms with E-state index in [1.165, 1.54) is 0 Å². The molecule has 3 rings (SSSR count). The summed E-state index contributed by atoms with van der Waals surface area (Å²) in [6, 6.07) is 1.83. The number of nitrogens with one attached hydrogen (secondary N) is 2. The van der Waals surface area contributed by atoms with Crippen LogP contribution in [0.4, 0.5) is 10.1 Å². The normalized spacial score (nSPS) is 25.0. The summed E-state index contributed by atoms with van der Waals surface area (Å²) >= 11 is 0. The molecule has 1 saturated heterocycles. The van der Waals surface area contributed by atoms with E-state index in [1.54, 1.807) is 4.72 Å². The molecule has 0 aromatic heterocycles. The average Bonchev–Trinajstić information content (AvgIpc) is 2.81. The van der Waals surface area contributed by atoms with Gasteiger partial charge in [0.25, 0.3) is 11.8 Å². The van der Waals surface area contributed by atoms with Crippen molar-refractivity contribution in [3.63, 3.8) is 0 Å². The van der Waals surface area contributed by atoms with Gasteiger partial charge in [0.2, 0.25) is 0 Å². The van der Waals surface area contributed by atoms with E-state index in [9.17, 15) is 27.5 Å². The molecule has 0 radical (unpaired) electrons. The number of anilines is 1. The molecule has 0 spiro atoms. The first-order valence-corrected chi connectivity index (χ1v) is 9.53. The Bertz CT molecular complexity index is 829. The molecule has 11 heteroatoms. The topological polar surface area (TPSA) is 142 Å². The Morgan fingerprint density at radius 1 is 1.31 bits per heavy atom. The lowest BCUT2D eigenvalue weighted by molar-refractivity contribution is -0.117. The lowest BCUT2D eigenvalue weighted by Gasteiger charge is -2.27. The predicted octanol–water partition coefficient (Wildman–Crippen LogP) is -0.288. The third kappa shape index (κ3) is 3.58. The first-order chi connectivity index (χ1) is 12.2. The largest absolute Gasteiger partial charge is 0.506 e. The van der Waals surface area contributed by atoms with E-state index in [4.69, 9.17) is 5.73 Å². The smallest absolute Gasteiger partial charge is 0.326 e. The molecular weight excluding hydrogens is 367 g/mol. The van der Waals surface area contributed by atoms with Gasteiger partial charge in [-0.05, 0) is 37.8 Å². The minimum Gasteiger partial charge on any atom is -0.506 e. The van der Waals surface area contributed by atoms with E-state index in [2.05, 4.69) is 5.32 Å². The standard InChI is InChI=1S/C15H19FN4O5S/c16-11-5-8(15(23)18-10-3-1-9(17)2-4-10)6-12(21)14(11)20-7-13(22)19-26(20,24)25/h5-6,9-10,21H,1-4,7,17H2,(H,18,23)(H,19,22)/t9-,10-. The van der Waals surface area contributed by atoms with Gasteiger partial charge in [0.1, 0.15) is 18.0 Å². The number of hydrogen-bond acceptors (Lipinski definition) is 6. The molecule has 2 aliphatic rings. The van der Waals surface area contributed by atoms with Crippen LogP contribution in [-0.4, -0.2) is 44.0 Å². The second-order valence-electron chi connectivity index (χ2n) is 6.45. The highest BCUT2D eigenvalue weighted by Crippen LogP contribution is 2.34. The number of rotatable bonds is 3. The summed E-state index contributed by atoms with van der Waals surface area (Å²) in [5.74, 6) is -3.30. The zero-order valence-corrected chi connectivity index (χ0v) is 14.6. The van der Waals surface area contributed by atoms with Crippen LogP contribution in [0.15, 0.2) is 12.1 Å². The molecule has 0 atom stereocenters. The Balaban J connectivity index is 1.81. The van der Waals surface area contributed by atoms with Gasteiger partial charge in [-0.3, -0.25) is 9.59 Å². The summed E-state index contributed by atoms with van der Waals surface area (Å²) in [6.07, 6.45) is 2.97. The predicted molar refractivity (Wildman–Crippen MR) is 90.2 cm³/mol. The highest BCUT2D eigenvalue weighted by Gasteiger charge is 2.37. The molecule has 2 amide bonds. The molecule has 1 aromatic carbocycles. The second-order valence-corrected chi connectivity index (χ2v) is 8.04. The molecule has 0 unspecified atom stereocenters. The van der Waals surface area contributed by atoms with Gasteiger partial charge < -0.3 is 16.2 Å². The zero-order valence-electron chi connectivity index (χ0n) is 13.7. The van der Waals surface area contributed by atoms with Crippen molar-refractivity contribution in [1.29, 1.82) is 0 Å². The van der Waals surface area contributed by atoms with Crippen molar-refractivity contribution in [1.82, 2.24) is 10.0 Å². The van der Waals surface area contributed by atoms with Crippen molar-refractivity contribution >= 4 is 27.7 Å². The number of halogens is 1. The number of nitrogens with zero attached hydrogens (tertiary/aromatic N) is 1. The van der Waals surface area contributed by atoms with Crippen LogP contribution in [0.5, 0.6) is 5.75 Å². The molecule has 1 aliphatic heterocycles. The van der Waals surface area contributed by atoms with Crippen molar-refractivity contribution in [3.05, 3.63) is 23.5 Å². The van der Waals surface area contributed by atoms with E-state index in [0.29, 0.717) is 17.1 Å². The molecule has 142 valence electrons. The summed E-state index contributed by atoms with van der Waals surface area (Å²) in [7, 11) is -4.27. The summed E-state index contributed by atoms with van der Waals surface area (Å²) in [6.45, 7) is -0.652. The Labute approximate surface area is 149 Å². The molecule has 2 fully saturated rings. The van der Waals surface area contributed by atoms with Crippen LogP contribution in [0.2, 0.25) is 0 Å². The van der Waals surface area contributed by atoms with Crippen molar-refractivity contribution in [2.75, 3.05) is 10.8 Å². The summed E-state index contributed by atoms with van der Waals surface area (Å²) < 4.78 is 40.1. The Kier molecular flexibility index (Phi) is 4.76. The minimum absolute atomic E-state index is 0.0899. The molecular formula is C15H19FN4O5S. The first kappa shape index (κ1) is 18.4. The molecule has 1 aromatic rings. The number of carbonyl (C=O) groups is 2. The SMILES string of the molecule is N[C@H]1CC[C@H](NC(=O)c2cc(O)c(N3CC(=O)NS3(=O)=O)c(F)c2)CC1. The van der Waals surface area contributed by atoms with Crippen molar-refractivity contribution < 1.29 is 27.5 Å². The maximum absolute atomic E-state index is 14.4. The van der Waals surface area contributed by atoms with Crippen LogP contribution in [0.1, 0.15) is 36.0 Å². The van der Waals surface area contributed by atoms with E-state index >= 15 is 0 Å². The minimum atomic E-state index is -4.27. The van der Waals surface area contributed by atoms with Crippen LogP contribution < -0.4 is 20.1 Å². The lowest BCUT2D eigenvalue weighted by Crippen LogP contribution is -2.40. The first-order valence-electron chi connectivity index (χ1n) is 8.09. The van der Waals surface area contributed by atoms with Crippen LogP contribution in [0, 0.1) is 5.82 Å². The van der Waals surface area contributed by atoms with Crippen molar-refractivity contribution in [2.45, 2.75) is 37.8 Å². The Morgan fingerprint density at radius 2 is 1.96 bits per heavy atom. The molecule has 1 heterocycles. The van der Waals surface area contributed by atoms with Crippen molar-refractivity contribution in [3.8, 4) is 5.75 Å². The van der Waals surface area contributed by atoms with Gasteiger partial charge in [-0.2, -0.15) is 8.42 Å². The highest BCUT2D eigenvalue weighted by atomic mass is 32.2. The zero-order chi connectivity index (χ0) is 19.1. The van der Waals surface area contributed by atoms with E-state index in [-0.39, 0.29) is 17.6 Å². The number of hydrogen-bond donors (Lipinski definition) is 4. The van der Waals surface area contributed by atoms with E-state index < -0.39 is 45.8 Å². The molecule has 5 N–H and O–H groups in total. The molecule has 1 aliphatic carbocycles. The van der Waals surface area contributed by atoms with E-state index in [0.717, 1.165) is 25.0 Å². The van der Waals surface area contributed by atoms with Crippen LogP contribution in [-0.2, 0) is 15.0 Å². The monoisotopic (exact) mass is 386 g/mol. The molecule has 1 saturated carbocycles. The number of phenolic OH excluding ortho intramolecular Hbond substituents is 1. The average molecular weight is 386 g/mol. The van der Waals surface area contributed by atoms with Gasteiger partial charge in [-0.15, -0.1) is 0 Å². The van der Waals surface area contributed by atoms with Gasteiger partial charge in [0.05, 0.1) is 0 Å². The summed E-state index contributed by atoms with van der Waals surface area (Å²) in [5, 5.41) is 12.8. The molecule has 0 bridgehead atoms. The fourth-order valence-electron chi connectivity index (χ4n) is 3.14. The third-order valence-electron chi connectivity index (χ3n) is 4.48. The third-order valence-corrected chi connectivity index (χ3v) is 5.86. The molecule has 26 heavy (non-hydrogen) atoms. The van der Waals surface area contributed by atoms with Gasteiger partial charge in [0.15, 0.2) is 5.82 Å². The number of amides is 2. The number of nitrogens with two attached hydrogens (primary N) is 1. The fraction of sp³-hybridized carbons (Fsp3) is 0.467. The highest BCUT2D eigenvalue weighted by molar-refractivity contribution is 7.92. The number of benzene rings is 1. The summed E-state index contributed by atoms with van der Waals surface area (Å²) in [5.41, 5.74) is 4.99. The maximum Gasteiger partial charge on any atom is 0.326 e. The number of carbonyl (C=O) groups excluding carboxylic acids is 2. The lowest BCUT2D eigenvalue weighted by atomic mass is 9.91. The number of phenols is 1. The Morgan fingerprint density at radius 3 is 2.50 bits per heavy atom. The quantitative estimate of drug-likeness (QED) is 0.562. The van der Waals surface area contributed by atoms with Gasteiger partial charge >= 0.3 is 10.2 Å². The molecule has 9 nitrogen and oxygen atoms in total. The van der Waals surface area contributed by atoms with Crippen molar-refractivity contribution in [2.24, 2.45) is 5.73 Å². The van der Waals surface area contributed by atoms with Crippen LogP contribution in [0.3, 0.4) is 0 Å². The van der Waals surface area contributed by atoms with Crippen LogP contribution in [0.25, 0.3) is 0 Å². The van der Waals surface area contributed by atoms with Gasteiger partial charge in [0, 0.05) is 17.6 Å². The van der Waals surface area contributed by atoms with Crippen LogP contribution >= 0.6 is 0 Å². The second kappa shape index (κ2) is 6.72. The van der Waals surface area contributed by atoms with Gasteiger partial charge in [-0.25, -0.2) is 13.4 Å². The summed E-state index contributed by atoms with van der Waals surface area (Å²) in [4.78, 5) is 23.6. The Hall–Kier alpha value is -2.40. The van der Waals surface area contributed by atoms with E-state index in [1.807, 2.05) is 0 Å². The van der Waals surface area contributed by atoms with Gasteiger partial charge in [-0.1, -0.05) is 0 Å². The number of aromatic hydroxyl groups is 1. The fourth-order valence-corrected chi connectivity index (χ4v) is 4.31.